The van der Waals surface area contributed by atoms with Crippen molar-refractivity contribution in [3.05, 3.63) is 59.4 Å². The van der Waals surface area contributed by atoms with Gasteiger partial charge in [0.1, 0.15) is 11.9 Å². The highest BCUT2D eigenvalue weighted by atomic mass is 19.1. The van der Waals surface area contributed by atoms with E-state index in [1.165, 1.54) is 26.4 Å². The fraction of sp³-hybridized carbons (Fsp3) is 0.300. The molecule has 1 saturated heterocycles. The number of ether oxygens (including phenoxy) is 3. The molecule has 3 rings (SSSR count). The number of cyclic esters (lactones) is 1. The lowest BCUT2D eigenvalue weighted by Crippen LogP contribution is -2.32. The van der Waals surface area contributed by atoms with Gasteiger partial charge in [-0.2, -0.15) is 0 Å². The lowest BCUT2D eigenvalue weighted by atomic mass is 9.94. The number of methoxy groups -OCH3 is 2. The van der Waals surface area contributed by atoms with Gasteiger partial charge in [-0.25, -0.2) is 4.39 Å². The highest BCUT2D eigenvalue weighted by Gasteiger charge is 2.41. The van der Waals surface area contributed by atoms with E-state index in [2.05, 4.69) is 5.32 Å². The number of hydrogen-bond donors (Lipinski definition) is 1. The first kappa shape index (κ1) is 18.7. The summed E-state index contributed by atoms with van der Waals surface area (Å²) in [6, 6.07) is 11.0. The third kappa shape index (κ3) is 4.19. The lowest BCUT2D eigenvalue weighted by molar-refractivity contribution is -0.141. The topological polar surface area (TPSA) is 73.9 Å². The first-order valence-corrected chi connectivity index (χ1v) is 8.45. The molecule has 1 fully saturated rings. The maximum Gasteiger partial charge on any atom is 0.307 e. The van der Waals surface area contributed by atoms with Crippen LogP contribution in [0.25, 0.3) is 0 Å². The minimum Gasteiger partial charge on any atom is -0.493 e. The summed E-state index contributed by atoms with van der Waals surface area (Å²) in [5.74, 6) is -0.697. The van der Waals surface area contributed by atoms with E-state index in [0.717, 1.165) is 5.56 Å². The molecule has 2 aromatic rings. The zero-order valence-corrected chi connectivity index (χ0v) is 15.0. The number of carbonyl (C=O) groups excluding carboxylic acids is 2. The number of rotatable bonds is 6. The van der Waals surface area contributed by atoms with Crippen LogP contribution in [-0.2, 0) is 20.9 Å². The van der Waals surface area contributed by atoms with Gasteiger partial charge in [-0.1, -0.05) is 18.2 Å². The monoisotopic (exact) mass is 373 g/mol. The summed E-state index contributed by atoms with van der Waals surface area (Å²) in [5, 5.41) is 2.78. The lowest BCUT2D eigenvalue weighted by Gasteiger charge is -2.19. The number of amides is 1. The summed E-state index contributed by atoms with van der Waals surface area (Å²) in [6.07, 6.45) is -0.709. The molecule has 142 valence electrons. The molecule has 2 atom stereocenters. The third-order valence-corrected chi connectivity index (χ3v) is 4.46. The predicted molar refractivity (Wildman–Crippen MR) is 94.7 cm³/mol. The van der Waals surface area contributed by atoms with Crippen LogP contribution in [0.2, 0.25) is 0 Å². The second-order valence-electron chi connectivity index (χ2n) is 6.18. The molecule has 1 N–H and O–H groups in total. The van der Waals surface area contributed by atoms with E-state index in [9.17, 15) is 14.0 Å². The summed E-state index contributed by atoms with van der Waals surface area (Å²) in [5.41, 5.74) is 1.41. The molecule has 0 aromatic heterocycles. The van der Waals surface area contributed by atoms with Crippen molar-refractivity contribution in [2.45, 2.75) is 19.1 Å². The Morgan fingerprint density at radius 2 is 1.85 bits per heavy atom. The van der Waals surface area contributed by atoms with Crippen LogP contribution in [0.15, 0.2) is 42.5 Å². The third-order valence-electron chi connectivity index (χ3n) is 4.46. The molecule has 1 amide bonds. The van der Waals surface area contributed by atoms with Crippen molar-refractivity contribution in [1.29, 1.82) is 0 Å². The van der Waals surface area contributed by atoms with Gasteiger partial charge in [0.05, 0.1) is 26.6 Å². The molecule has 6 nitrogen and oxygen atoms in total. The van der Waals surface area contributed by atoms with Crippen LogP contribution in [0.3, 0.4) is 0 Å². The van der Waals surface area contributed by atoms with E-state index in [-0.39, 0.29) is 24.7 Å². The van der Waals surface area contributed by atoms with Gasteiger partial charge < -0.3 is 19.5 Å². The quantitative estimate of drug-likeness (QED) is 0.788. The first-order chi connectivity index (χ1) is 13.0. The van der Waals surface area contributed by atoms with Gasteiger partial charge >= 0.3 is 5.97 Å². The highest BCUT2D eigenvalue weighted by molar-refractivity contribution is 5.87. The summed E-state index contributed by atoms with van der Waals surface area (Å²) in [4.78, 5) is 24.5. The molecule has 1 heterocycles. The number of carbonyl (C=O) groups is 2. The number of benzene rings is 2. The van der Waals surface area contributed by atoms with Crippen molar-refractivity contribution in [2.24, 2.45) is 5.92 Å². The van der Waals surface area contributed by atoms with E-state index < -0.39 is 18.0 Å². The van der Waals surface area contributed by atoms with E-state index >= 15 is 0 Å². The molecule has 1 aliphatic heterocycles. The van der Waals surface area contributed by atoms with Gasteiger partial charge in [-0.3, -0.25) is 9.59 Å². The second kappa shape index (κ2) is 8.07. The molecule has 7 heteroatoms. The Kier molecular flexibility index (Phi) is 5.59. The zero-order chi connectivity index (χ0) is 19.4. The molecule has 0 spiro atoms. The number of esters is 1. The average Bonchev–Trinajstić information content (AvgIpc) is 3.08. The van der Waals surface area contributed by atoms with Crippen molar-refractivity contribution in [3.63, 3.8) is 0 Å². The molecule has 1 aliphatic rings. The van der Waals surface area contributed by atoms with E-state index in [1.54, 1.807) is 30.3 Å². The van der Waals surface area contributed by atoms with Gasteiger partial charge in [0.15, 0.2) is 11.5 Å². The molecule has 0 unspecified atom stereocenters. The van der Waals surface area contributed by atoms with Gasteiger partial charge in [-0.05, 0) is 35.4 Å². The van der Waals surface area contributed by atoms with Crippen molar-refractivity contribution < 1.29 is 28.2 Å². The molecule has 0 bridgehead atoms. The minimum atomic E-state index is -0.703. The van der Waals surface area contributed by atoms with Crippen LogP contribution < -0.4 is 14.8 Å². The molecule has 27 heavy (non-hydrogen) atoms. The predicted octanol–water partition coefficient (Wildman–Crippen LogP) is 2.76. The molecule has 0 saturated carbocycles. The fourth-order valence-corrected chi connectivity index (χ4v) is 3.04. The van der Waals surface area contributed by atoms with Crippen molar-refractivity contribution >= 4 is 11.9 Å². The fourth-order valence-electron chi connectivity index (χ4n) is 3.04. The van der Waals surface area contributed by atoms with Crippen LogP contribution >= 0.6 is 0 Å². The largest absolute Gasteiger partial charge is 0.493 e. The van der Waals surface area contributed by atoms with Crippen molar-refractivity contribution in [1.82, 2.24) is 5.32 Å². The normalized spacial score (nSPS) is 18.7. The average molecular weight is 373 g/mol. The second-order valence-corrected chi connectivity index (χ2v) is 6.18. The molecular formula is C20H20FNO5. The Labute approximate surface area is 156 Å². The first-order valence-electron chi connectivity index (χ1n) is 8.45. The SMILES string of the molecule is COc1ccc([C@@H]2OC(=O)C[C@H]2C(=O)NCc2ccc(F)cc2)cc1OC. The molecular weight excluding hydrogens is 353 g/mol. The Morgan fingerprint density at radius 1 is 1.15 bits per heavy atom. The zero-order valence-electron chi connectivity index (χ0n) is 15.0. The summed E-state index contributed by atoms with van der Waals surface area (Å²) in [6.45, 7) is 0.239. The standard InChI is InChI=1S/C20H20FNO5/c1-25-16-8-5-13(9-17(16)26-2)19-15(10-18(23)27-19)20(24)22-11-12-3-6-14(21)7-4-12/h3-9,15,19H,10-11H2,1-2H3,(H,22,24)/t15-,19+/m1/s1. The Bertz CT molecular complexity index is 837. The number of hydrogen-bond acceptors (Lipinski definition) is 5. The van der Waals surface area contributed by atoms with Gasteiger partial charge in [0.2, 0.25) is 5.91 Å². The van der Waals surface area contributed by atoms with E-state index in [0.29, 0.717) is 17.1 Å². The molecule has 0 aliphatic carbocycles. The maximum absolute atomic E-state index is 13.0. The smallest absolute Gasteiger partial charge is 0.307 e. The van der Waals surface area contributed by atoms with Crippen LogP contribution in [0, 0.1) is 11.7 Å². The Hall–Kier alpha value is -3.09. The van der Waals surface area contributed by atoms with Crippen LogP contribution in [-0.4, -0.2) is 26.1 Å². The van der Waals surface area contributed by atoms with E-state index in [1.807, 2.05) is 0 Å². The Morgan fingerprint density at radius 3 is 2.52 bits per heavy atom. The molecule has 2 aromatic carbocycles. The molecule has 0 radical (unpaired) electrons. The van der Waals surface area contributed by atoms with Gasteiger partial charge in [0, 0.05) is 6.54 Å². The highest BCUT2D eigenvalue weighted by Crippen LogP contribution is 2.39. The summed E-state index contributed by atoms with van der Waals surface area (Å²) in [7, 11) is 3.04. The summed E-state index contributed by atoms with van der Waals surface area (Å²) >= 11 is 0. The van der Waals surface area contributed by atoms with Crippen LogP contribution in [0.1, 0.15) is 23.7 Å². The summed E-state index contributed by atoms with van der Waals surface area (Å²) < 4.78 is 28.8. The number of halogens is 1. The maximum atomic E-state index is 13.0. The van der Waals surface area contributed by atoms with Crippen molar-refractivity contribution in [3.8, 4) is 11.5 Å². The van der Waals surface area contributed by atoms with Crippen LogP contribution in [0.4, 0.5) is 4.39 Å². The van der Waals surface area contributed by atoms with E-state index in [4.69, 9.17) is 14.2 Å². The minimum absolute atomic E-state index is 0.00569. The van der Waals surface area contributed by atoms with Crippen molar-refractivity contribution in [2.75, 3.05) is 14.2 Å². The Balaban J connectivity index is 1.74. The number of nitrogens with one attached hydrogen (secondary N) is 1. The van der Waals surface area contributed by atoms with Gasteiger partial charge in [0.25, 0.3) is 0 Å². The van der Waals surface area contributed by atoms with Crippen LogP contribution in [0.5, 0.6) is 11.5 Å². The van der Waals surface area contributed by atoms with Gasteiger partial charge in [-0.15, -0.1) is 0 Å².